The average molecular weight is 418 g/mol. The first-order chi connectivity index (χ1) is 11.9. The van der Waals surface area contributed by atoms with Crippen molar-refractivity contribution in [1.29, 1.82) is 0 Å². The lowest BCUT2D eigenvalue weighted by Crippen LogP contribution is -2.20. The van der Waals surface area contributed by atoms with E-state index in [0.29, 0.717) is 5.89 Å². The molecule has 0 atom stereocenters. The van der Waals surface area contributed by atoms with Gasteiger partial charge < -0.3 is 9.73 Å². The number of aryl methyl sites for hydroxylation is 2. The van der Waals surface area contributed by atoms with Gasteiger partial charge in [0, 0.05) is 15.7 Å². The molecule has 0 fully saturated rings. The molecule has 0 bridgehead atoms. The van der Waals surface area contributed by atoms with Crippen LogP contribution in [0.5, 0.6) is 0 Å². The molecule has 0 aliphatic rings. The van der Waals surface area contributed by atoms with E-state index in [1.807, 2.05) is 56.3 Å². The fourth-order valence-electron chi connectivity index (χ4n) is 2.53. The highest BCUT2D eigenvalue weighted by atomic mass is 79.9. The number of nitrogens with one attached hydrogen (secondary N) is 1. The Bertz CT molecular complexity index is 956. The fraction of sp³-hybridized carbons (Fsp3) is 0.167. The summed E-state index contributed by atoms with van der Waals surface area (Å²) in [7, 11) is 0. The van der Waals surface area contributed by atoms with Crippen LogP contribution in [0.25, 0.3) is 11.5 Å². The first-order valence-electron chi connectivity index (χ1n) is 7.64. The lowest BCUT2D eigenvalue weighted by Gasteiger charge is -2.12. The molecule has 0 saturated carbocycles. The second-order valence-electron chi connectivity index (χ2n) is 5.66. The second-order valence-corrected chi connectivity index (χ2v) is 6.92. The van der Waals surface area contributed by atoms with Crippen LogP contribution in [0.2, 0.25) is 0 Å². The summed E-state index contributed by atoms with van der Waals surface area (Å²) in [5.74, 6) is 0.187. The highest BCUT2D eigenvalue weighted by Gasteiger charge is 2.13. The molecular weight excluding hydrogens is 402 g/mol. The van der Waals surface area contributed by atoms with Crippen molar-refractivity contribution in [2.45, 2.75) is 20.4 Å². The van der Waals surface area contributed by atoms with E-state index in [2.05, 4.69) is 26.3 Å². The van der Waals surface area contributed by atoms with Crippen LogP contribution >= 0.6 is 28.1 Å². The standard InChI is InChI=1S/C18H16BrN3O2S/c1-11-8-14(19)9-12(2)16(11)20-15(23)10-22-18(25)24-17(21-22)13-6-4-3-5-7-13/h3-9H,10H2,1-2H3,(H,20,23). The SMILES string of the molecule is Cc1cc(Br)cc(C)c1NC(=O)Cn1nc(-c2ccccc2)oc1=S. The number of anilines is 1. The highest BCUT2D eigenvalue weighted by Crippen LogP contribution is 2.25. The van der Waals surface area contributed by atoms with Crippen molar-refractivity contribution in [1.82, 2.24) is 9.78 Å². The van der Waals surface area contributed by atoms with Crippen molar-refractivity contribution < 1.29 is 9.21 Å². The molecule has 0 radical (unpaired) electrons. The summed E-state index contributed by atoms with van der Waals surface area (Å²) in [6.07, 6.45) is 0. The first kappa shape index (κ1) is 17.6. The summed E-state index contributed by atoms with van der Waals surface area (Å²) in [5.41, 5.74) is 3.57. The molecule has 128 valence electrons. The molecule has 5 nitrogen and oxygen atoms in total. The second kappa shape index (κ2) is 7.33. The Morgan fingerprint density at radius 2 is 1.88 bits per heavy atom. The maximum atomic E-state index is 12.4. The van der Waals surface area contributed by atoms with Gasteiger partial charge in [0.25, 0.3) is 4.84 Å². The average Bonchev–Trinajstić information content (AvgIpc) is 2.92. The molecule has 1 N–H and O–H groups in total. The van der Waals surface area contributed by atoms with Gasteiger partial charge in [0.05, 0.1) is 0 Å². The molecule has 0 spiro atoms. The number of hydrogen-bond acceptors (Lipinski definition) is 4. The summed E-state index contributed by atoms with van der Waals surface area (Å²) in [4.78, 5) is 12.6. The maximum absolute atomic E-state index is 12.4. The molecule has 3 aromatic rings. The van der Waals surface area contributed by atoms with Gasteiger partial charge in [-0.25, -0.2) is 4.68 Å². The van der Waals surface area contributed by atoms with Crippen LogP contribution in [-0.4, -0.2) is 15.7 Å². The summed E-state index contributed by atoms with van der Waals surface area (Å²) in [5, 5.41) is 7.22. The molecule has 1 heterocycles. The largest absolute Gasteiger partial charge is 0.409 e. The van der Waals surface area contributed by atoms with E-state index in [9.17, 15) is 4.79 Å². The Morgan fingerprint density at radius 1 is 1.24 bits per heavy atom. The smallest absolute Gasteiger partial charge is 0.287 e. The van der Waals surface area contributed by atoms with Crippen LogP contribution in [0.3, 0.4) is 0 Å². The minimum absolute atomic E-state index is 0.00981. The molecule has 0 aliphatic carbocycles. The van der Waals surface area contributed by atoms with E-state index in [4.69, 9.17) is 16.6 Å². The van der Waals surface area contributed by atoms with E-state index >= 15 is 0 Å². The van der Waals surface area contributed by atoms with Crippen molar-refractivity contribution in [3.8, 4) is 11.5 Å². The zero-order valence-corrected chi connectivity index (χ0v) is 16.1. The molecule has 1 amide bonds. The lowest BCUT2D eigenvalue weighted by atomic mass is 10.1. The minimum atomic E-state index is -0.211. The van der Waals surface area contributed by atoms with Gasteiger partial charge in [0.15, 0.2) is 0 Å². The molecule has 7 heteroatoms. The van der Waals surface area contributed by atoms with Gasteiger partial charge >= 0.3 is 0 Å². The third-order valence-corrected chi connectivity index (χ3v) is 4.43. The zero-order chi connectivity index (χ0) is 18.0. The Labute approximate surface area is 158 Å². The number of aromatic nitrogens is 2. The Hall–Kier alpha value is -2.25. The lowest BCUT2D eigenvalue weighted by molar-refractivity contribution is -0.117. The van der Waals surface area contributed by atoms with Crippen LogP contribution in [0.15, 0.2) is 51.4 Å². The molecule has 3 rings (SSSR count). The third kappa shape index (κ3) is 4.05. The van der Waals surface area contributed by atoms with Gasteiger partial charge in [-0.1, -0.05) is 34.1 Å². The molecular formula is C18H16BrN3O2S. The quantitative estimate of drug-likeness (QED) is 0.613. The van der Waals surface area contributed by atoms with Crippen LogP contribution in [0.4, 0.5) is 5.69 Å². The van der Waals surface area contributed by atoms with Crippen LogP contribution < -0.4 is 5.32 Å². The molecule has 0 aliphatic heterocycles. The number of halogens is 1. The highest BCUT2D eigenvalue weighted by molar-refractivity contribution is 9.10. The topological polar surface area (TPSA) is 60.1 Å². The molecule has 25 heavy (non-hydrogen) atoms. The number of carbonyl (C=O) groups is 1. The number of amides is 1. The van der Waals surface area contributed by atoms with Crippen LogP contribution in [-0.2, 0) is 11.3 Å². The Kier molecular flexibility index (Phi) is 5.15. The molecule has 2 aromatic carbocycles. The number of carbonyl (C=O) groups excluding carboxylic acids is 1. The van der Waals surface area contributed by atoms with Gasteiger partial charge in [-0.05, 0) is 61.5 Å². The van der Waals surface area contributed by atoms with E-state index < -0.39 is 0 Å². The van der Waals surface area contributed by atoms with E-state index in [1.165, 1.54) is 4.68 Å². The van der Waals surface area contributed by atoms with E-state index in [-0.39, 0.29) is 17.3 Å². The first-order valence-corrected chi connectivity index (χ1v) is 8.84. The van der Waals surface area contributed by atoms with Gasteiger partial charge in [-0.3, -0.25) is 4.79 Å². The van der Waals surface area contributed by atoms with Gasteiger partial charge in [0.2, 0.25) is 11.8 Å². The number of hydrogen-bond donors (Lipinski definition) is 1. The predicted octanol–water partition coefficient (Wildman–Crippen LogP) is 4.89. The summed E-state index contributed by atoms with van der Waals surface area (Å²) in [6.45, 7) is 3.88. The third-order valence-electron chi connectivity index (χ3n) is 3.68. The van der Waals surface area contributed by atoms with Crippen molar-refractivity contribution >= 4 is 39.7 Å². The molecule has 1 aromatic heterocycles. The number of rotatable bonds is 4. The van der Waals surface area contributed by atoms with Crippen molar-refractivity contribution in [3.63, 3.8) is 0 Å². The monoisotopic (exact) mass is 417 g/mol. The van der Waals surface area contributed by atoms with Gasteiger partial charge in [-0.15, -0.1) is 5.10 Å². The molecule has 0 saturated heterocycles. The summed E-state index contributed by atoms with van der Waals surface area (Å²) < 4.78 is 7.86. The summed E-state index contributed by atoms with van der Waals surface area (Å²) in [6, 6.07) is 13.3. The van der Waals surface area contributed by atoms with E-state index in [1.54, 1.807) is 0 Å². The van der Waals surface area contributed by atoms with Gasteiger partial charge in [-0.2, -0.15) is 0 Å². The van der Waals surface area contributed by atoms with Crippen molar-refractivity contribution in [3.05, 3.63) is 62.9 Å². The van der Waals surface area contributed by atoms with Crippen LogP contribution in [0.1, 0.15) is 11.1 Å². The normalized spacial score (nSPS) is 10.7. The number of nitrogens with zero attached hydrogens (tertiary/aromatic N) is 2. The number of benzene rings is 2. The Morgan fingerprint density at radius 3 is 2.52 bits per heavy atom. The van der Waals surface area contributed by atoms with Crippen molar-refractivity contribution in [2.75, 3.05) is 5.32 Å². The van der Waals surface area contributed by atoms with Crippen molar-refractivity contribution in [2.24, 2.45) is 0 Å². The molecule has 0 unspecified atom stereocenters. The Balaban J connectivity index is 1.78. The van der Waals surface area contributed by atoms with Crippen LogP contribution in [0, 0.1) is 18.7 Å². The summed E-state index contributed by atoms with van der Waals surface area (Å²) >= 11 is 8.62. The van der Waals surface area contributed by atoms with Gasteiger partial charge in [0.1, 0.15) is 6.54 Å². The fourth-order valence-corrected chi connectivity index (χ4v) is 3.40. The maximum Gasteiger partial charge on any atom is 0.287 e. The zero-order valence-electron chi connectivity index (χ0n) is 13.7. The van der Waals surface area contributed by atoms with E-state index in [0.717, 1.165) is 26.9 Å². The predicted molar refractivity (Wildman–Crippen MR) is 103 cm³/mol. The minimum Gasteiger partial charge on any atom is -0.409 e.